The van der Waals surface area contributed by atoms with E-state index >= 15 is 0 Å². The summed E-state index contributed by atoms with van der Waals surface area (Å²) < 4.78 is 5.27. The number of nitrogens with zero attached hydrogens (tertiary/aromatic N) is 1. The predicted molar refractivity (Wildman–Crippen MR) is 218 cm³/mol. The Balaban J connectivity index is 1.33. The zero-order valence-corrected chi connectivity index (χ0v) is 32.1. The van der Waals surface area contributed by atoms with Gasteiger partial charge in [-0.05, 0) is 92.1 Å². The summed E-state index contributed by atoms with van der Waals surface area (Å²) in [6.45, 7) is 5.22. The lowest BCUT2D eigenvalue weighted by molar-refractivity contribution is -0.384. The van der Waals surface area contributed by atoms with Gasteiger partial charge in [-0.15, -0.1) is 23.1 Å². The van der Waals surface area contributed by atoms with Crippen LogP contribution in [0.2, 0.25) is 0 Å². The summed E-state index contributed by atoms with van der Waals surface area (Å²) in [5.41, 5.74) is 1.93. The quantitative estimate of drug-likeness (QED) is 0.0266. The van der Waals surface area contributed by atoms with Gasteiger partial charge in [0.15, 0.2) is 0 Å². The maximum atomic E-state index is 13.7. The number of carbonyl (C=O) groups excluding carboxylic acids is 5. The number of amides is 4. The molecule has 4 aromatic carbocycles. The monoisotopic (exact) mass is 791 g/mol. The fourth-order valence-corrected chi connectivity index (χ4v) is 7.41. The number of hydrogen-bond acceptors (Lipinski definition) is 10. The number of nitro groups is 1. The largest absolute Gasteiger partial charge is 0.462 e. The SMILES string of the molecule is CCOC(=O)c1c(NC(=O)C(CC)Sc2cccc(NC(=O)/C(=C\c3ccc([N+](=O)[O-])cc3)NC(=O)c3ccccc3)c2)sc(C(=O)Nc2ccccc2)c1C. The molecule has 1 unspecified atom stereocenters. The van der Waals surface area contributed by atoms with Crippen molar-refractivity contribution in [1.82, 2.24) is 5.32 Å². The molecular formula is C41H37N5O8S2. The fraction of sp³-hybridized carbons (Fsp3) is 0.146. The van der Waals surface area contributed by atoms with Crippen LogP contribution in [-0.2, 0) is 14.3 Å². The minimum Gasteiger partial charge on any atom is -0.462 e. The number of anilines is 3. The first-order valence-corrected chi connectivity index (χ1v) is 19.0. The van der Waals surface area contributed by atoms with E-state index < -0.39 is 39.8 Å². The highest BCUT2D eigenvalue weighted by molar-refractivity contribution is 8.00. The summed E-state index contributed by atoms with van der Waals surface area (Å²) in [6.07, 6.45) is 1.80. The maximum absolute atomic E-state index is 13.7. The van der Waals surface area contributed by atoms with Crippen molar-refractivity contribution >= 4 is 80.8 Å². The van der Waals surface area contributed by atoms with E-state index in [1.165, 1.54) is 42.1 Å². The Bertz CT molecular complexity index is 2280. The third kappa shape index (κ3) is 10.5. The zero-order chi connectivity index (χ0) is 40.2. The lowest BCUT2D eigenvalue weighted by Crippen LogP contribution is -2.30. The minimum atomic E-state index is -0.665. The first-order chi connectivity index (χ1) is 27.0. The first-order valence-electron chi connectivity index (χ1n) is 17.4. The number of esters is 1. The van der Waals surface area contributed by atoms with Crippen LogP contribution in [0.25, 0.3) is 6.08 Å². The van der Waals surface area contributed by atoms with Gasteiger partial charge in [-0.3, -0.25) is 29.3 Å². The molecule has 0 aliphatic heterocycles. The van der Waals surface area contributed by atoms with Crippen LogP contribution in [0.3, 0.4) is 0 Å². The van der Waals surface area contributed by atoms with Gasteiger partial charge >= 0.3 is 5.97 Å². The van der Waals surface area contributed by atoms with Gasteiger partial charge in [-0.1, -0.05) is 49.4 Å². The molecule has 0 aliphatic carbocycles. The second-order valence-corrected chi connectivity index (χ2v) is 14.3. The third-order valence-corrected chi connectivity index (χ3v) is 10.6. The van der Waals surface area contributed by atoms with Gasteiger partial charge in [0.2, 0.25) is 5.91 Å². The van der Waals surface area contributed by atoms with Gasteiger partial charge in [0.05, 0.1) is 27.2 Å². The van der Waals surface area contributed by atoms with Gasteiger partial charge in [0.25, 0.3) is 23.4 Å². The lowest BCUT2D eigenvalue weighted by Gasteiger charge is -2.16. The lowest BCUT2D eigenvalue weighted by atomic mass is 10.1. The molecule has 0 fully saturated rings. The van der Waals surface area contributed by atoms with Crippen molar-refractivity contribution in [2.75, 3.05) is 22.6 Å². The summed E-state index contributed by atoms with van der Waals surface area (Å²) in [4.78, 5) is 78.2. The van der Waals surface area contributed by atoms with E-state index in [1.807, 2.05) is 13.0 Å². The second kappa shape index (κ2) is 19.1. The Morgan fingerprint density at radius 3 is 2.12 bits per heavy atom. The molecule has 0 radical (unpaired) electrons. The van der Waals surface area contributed by atoms with Crippen LogP contribution in [0, 0.1) is 17.0 Å². The molecule has 4 N–H and O–H groups in total. The highest BCUT2D eigenvalue weighted by Crippen LogP contribution is 2.36. The number of nitro benzene ring substituents is 1. The van der Waals surface area contributed by atoms with Crippen molar-refractivity contribution in [3.63, 3.8) is 0 Å². The molecule has 0 bridgehead atoms. The number of rotatable bonds is 15. The number of thioether (sulfide) groups is 1. The molecule has 1 aromatic heterocycles. The number of non-ortho nitro benzene ring substituents is 1. The number of para-hydroxylation sites is 1. The topological polar surface area (TPSA) is 186 Å². The summed E-state index contributed by atoms with van der Waals surface area (Å²) in [5, 5.41) is 21.8. The molecule has 286 valence electrons. The van der Waals surface area contributed by atoms with Gasteiger partial charge in [0, 0.05) is 34.0 Å². The summed E-state index contributed by atoms with van der Waals surface area (Å²) in [7, 11) is 0. The van der Waals surface area contributed by atoms with Gasteiger partial charge in [-0.25, -0.2) is 4.79 Å². The van der Waals surface area contributed by atoms with E-state index in [1.54, 1.807) is 92.7 Å². The van der Waals surface area contributed by atoms with E-state index in [9.17, 15) is 34.1 Å². The summed E-state index contributed by atoms with van der Waals surface area (Å²) >= 11 is 2.21. The average Bonchev–Trinajstić information content (AvgIpc) is 3.52. The van der Waals surface area contributed by atoms with Gasteiger partial charge < -0.3 is 26.0 Å². The maximum Gasteiger partial charge on any atom is 0.341 e. The number of hydrogen-bond donors (Lipinski definition) is 4. The van der Waals surface area contributed by atoms with Crippen LogP contribution in [0.4, 0.5) is 22.1 Å². The van der Waals surface area contributed by atoms with E-state index in [0.29, 0.717) is 39.4 Å². The molecule has 56 heavy (non-hydrogen) atoms. The van der Waals surface area contributed by atoms with Crippen molar-refractivity contribution in [3.8, 4) is 0 Å². The molecule has 1 heterocycles. The van der Waals surface area contributed by atoms with Crippen LogP contribution in [-0.4, -0.2) is 46.4 Å². The molecule has 5 rings (SSSR count). The Labute approximate surface area is 330 Å². The standard InChI is InChI=1S/C41H37N5O8S2/c1-4-33(38(49)45-40-34(41(51)54-5-2)25(3)35(56-40)39(50)42-28-15-10-7-11-16-28)55-31-18-12-17-29(24-31)43-37(48)32(44-36(47)27-13-8-6-9-14-27)23-26-19-21-30(22-20-26)46(52)53/h6-24,33H,4-5H2,1-3H3,(H,42,50)(H,43,48)(H,44,47)(H,45,49)/b32-23+. The number of carbonyl (C=O) groups is 5. The molecule has 4 amide bonds. The van der Waals surface area contributed by atoms with E-state index in [4.69, 9.17) is 4.74 Å². The average molecular weight is 792 g/mol. The van der Waals surface area contributed by atoms with Crippen molar-refractivity contribution in [2.24, 2.45) is 0 Å². The molecule has 5 aromatic rings. The van der Waals surface area contributed by atoms with Crippen molar-refractivity contribution in [1.29, 1.82) is 0 Å². The normalized spacial score (nSPS) is 11.5. The minimum absolute atomic E-state index is 0.0983. The number of ether oxygens (including phenoxy) is 1. The van der Waals surface area contributed by atoms with Crippen molar-refractivity contribution < 1.29 is 33.6 Å². The van der Waals surface area contributed by atoms with E-state index in [2.05, 4.69) is 21.3 Å². The van der Waals surface area contributed by atoms with E-state index in [0.717, 1.165) is 11.3 Å². The molecule has 0 saturated heterocycles. The first kappa shape index (κ1) is 40.6. The molecule has 0 aliphatic rings. The Hall–Kier alpha value is -6.58. The Morgan fingerprint density at radius 1 is 0.821 bits per heavy atom. The fourth-order valence-electron chi connectivity index (χ4n) is 5.30. The third-order valence-electron chi connectivity index (χ3n) is 8.08. The van der Waals surface area contributed by atoms with Crippen LogP contribution < -0.4 is 21.3 Å². The molecule has 0 spiro atoms. The van der Waals surface area contributed by atoms with E-state index in [-0.39, 0.29) is 33.4 Å². The smallest absolute Gasteiger partial charge is 0.341 e. The van der Waals surface area contributed by atoms with Crippen molar-refractivity contribution in [3.05, 3.63) is 152 Å². The molecule has 15 heteroatoms. The summed E-state index contributed by atoms with van der Waals surface area (Å²) in [5.74, 6) is -2.71. The van der Waals surface area contributed by atoms with Crippen molar-refractivity contribution in [2.45, 2.75) is 37.3 Å². The Morgan fingerprint density at radius 2 is 1.48 bits per heavy atom. The summed E-state index contributed by atoms with van der Waals surface area (Å²) in [6, 6.07) is 29.5. The highest BCUT2D eigenvalue weighted by Gasteiger charge is 2.29. The van der Waals surface area contributed by atoms with Gasteiger partial charge in [-0.2, -0.15) is 0 Å². The van der Waals surface area contributed by atoms with Crippen LogP contribution in [0.15, 0.2) is 120 Å². The molecule has 0 saturated carbocycles. The molecular weight excluding hydrogens is 755 g/mol. The van der Waals surface area contributed by atoms with Crippen LogP contribution in [0.5, 0.6) is 0 Å². The highest BCUT2D eigenvalue weighted by atomic mass is 32.2. The second-order valence-electron chi connectivity index (χ2n) is 12.0. The number of thiophene rings is 1. The zero-order valence-electron chi connectivity index (χ0n) is 30.5. The molecule has 13 nitrogen and oxygen atoms in total. The Kier molecular flexibility index (Phi) is 13.9. The predicted octanol–water partition coefficient (Wildman–Crippen LogP) is 8.31. The van der Waals surface area contributed by atoms with Gasteiger partial charge in [0.1, 0.15) is 10.7 Å². The van der Waals surface area contributed by atoms with Crippen LogP contribution in [0.1, 0.15) is 61.8 Å². The number of nitrogens with one attached hydrogen (secondary N) is 4. The van der Waals surface area contributed by atoms with Crippen LogP contribution >= 0.6 is 23.1 Å². The number of benzene rings is 4. The molecule has 1 atom stereocenters.